The van der Waals surface area contributed by atoms with E-state index in [1.165, 1.54) is 0 Å². The zero-order valence-electron chi connectivity index (χ0n) is 12.8. The van der Waals surface area contributed by atoms with Gasteiger partial charge in [0.1, 0.15) is 0 Å². The molecule has 0 fully saturated rings. The van der Waals surface area contributed by atoms with Crippen molar-refractivity contribution in [3.63, 3.8) is 0 Å². The lowest BCUT2D eigenvalue weighted by Gasteiger charge is -2.27. The van der Waals surface area contributed by atoms with Crippen molar-refractivity contribution in [1.82, 2.24) is 0 Å². The molecule has 0 radical (unpaired) electrons. The molecule has 0 aliphatic heterocycles. The Morgan fingerprint density at radius 3 is 2.29 bits per heavy atom. The van der Waals surface area contributed by atoms with Crippen molar-refractivity contribution in [3.8, 4) is 0 Å². The second-order valence-corrected chi connectivity index (χ2v) is 5.00. The van der Waals surface area contributed by atoms with Crippen LogP contribution in [-0.2, 0) is 19.7 Å². The van der Waals surface area contributed by atoms with Crippen molar-refractivity contribution < 1.29 is 19.3 Å². The van der Waals surface area contributed by atoms with Gasteiger partial charge in [0.2, 0.25) is 0 Å². The van der Waals surface area contributed by atoms with Crippen molar-refractivity contribution in [3.05, 3.63) is 35.9 Å². The molecule has 5 nitrogen and oxygen atoms in total. The molecule has 1 unspecified atom stereocenters. The average Bonchev–Trinajstić information content (AvgIpc) is 2.54. The van der Waals surface area contributed by atoms with Gasteiger partial charge in [-0.25, -0.2) is 0 Å². The molecule has 5 heteroatoms. The minimum Gasteiger partial charge on any atom is -0.394 e. The van der Waals surface area contributed by atoms with Crippen molar-refractivity contribution >= 4 is 0 Å². The van der Waals surface area contributed by atoms with Crippen LogP contribution in [0.3, 0.4) is 0 Å². The van der Waals surface area contributed by atoms with Gasteiger partial charge in [-0.2, -0.15) is 0 Å². The van der Waals surface area contributed by atoms with E-state index in [1.54, 1.807) is 7.11 Å². The quantitative estimate of drug-likeness (QED) is 0.569. The van der Waals surface area contributed by atoms with Gasteiger partial charge in [0.25, 0.3) is 0 Å². The van der Waals surface area contributed by atoms with Crippen molar-refractivity contribution in [2.75, 3.05) is 46.8 Å². The smallest absolute Gasteiger partial charge is 0.0700 e. The molecule has 1 rings (SSSR count). The summed E-state index contributed by atoms with van der Waals surface area (Å²) in [4.78, 5) is 0. The van der Waals surface area contributed by atoms with Crippen molar-refractivity contribution in [2.45, 2.75) is 18.4 Å². The molecule has 0 saturated heterocycles. The van der Waals surface area contributed by atoms with Crippen LogP contribution >= 0.6 is 0 Å². The van der Waals surface area contributed by atoms with Gasteiger partial charge in [0, 0.05) is 26.9 Å². The Kier molecular flexibility index (Phi) is 9.21. The summed E-state index contributed by atoms with van der Waals surface area (Å²) in [5, 5.41) is 9.54. The molecule has 0 saturated carbocycles. The van der Waals surface area contributed by atoms with Gasteiger partial charge < -0.3 is 25.1 Å². The Morgan fingerprint density at radius 1 is 1.00 bits per heavy atom. The molecule has 21 heavy (non-hydrogen) atoms. The van der Waals surface area contributed by atoms with Crippen LogP contribution in [0.15, 0.2) is 30.3 Å². The van der Waals surface area contributed by atoms with Gasteiger partial charge >= 0.3 is 0 Å². The van der Waals surface area contributed by atoms with E-state index in [0.29, 0.717) is 39.5 Å². The SMILES string of the molecule is COCCCOCCOCCC(N)(CO)c1ccccc1. The molecular weight excluding hydrogens is 270 g/mol. The second kappa shape index (κ2) is 10.7. The Balaban J connectivity index is 2.15. The number of methoxy groups -OCH3 is 1. The van der Waals surface area contributed by atoms with E-state index in [9.17, 15) is 5.11 Å². The standard InChI is InChI=1S/C16H27NO4/c1-19-9-5-10-20-12-13-21-11-8-16(17,14-18)15-6-3-2-4-7-15/h2-4,6-7,18H,5,8-14,17H2,1H3. The molecular formula is C16H27NO4. The first kappa shape index (κ1) is 18.1. The molecule has 0 amide bonds. The highest BCUT2D eigenvalue weighted by molar-refractivity contribution is 5.23. The van der Waals surface area contributed by atoms with Gasteiger partial charge in [-0.15, -0.1) is 0 Å². The summed E-state index contributed by atoms with van der Waals surface area (Å²) in [7, 11) is 1.68. The highest BCUT2D eigenvalue weighted by Gasteiger charge is 2.25. The topological polar surface area (TPSA) is 73.9 Å². The lowest BCUT2D eigenvalue weighted by Crippen LogP contribution is -2.41. The van der Waals surface area contributed by atoms with Crippen molar-refractivity contribution in [2.24, 2.45) is 5.73 Å². The fourth-order valence-electron chi connectivity index (χ4n) is 1.97. The van der Waals surface area contributed by atoms with Crippen LogP contribution in [0, 0.1) is 0 Å². The number of hydrogen-bond acceptors (Lipinski definition) is 5. The zero-order valence-corrected chi connectivity index (χ0v) is 12.8. The summed E-state index contributed by atoms with van der Waals surface area (Å²) < 4.78 is 15.8. The first-order chi connectivity index (χ1) is 10.2. The number of ether oxygens (including phenoxy) is 3. The first-order valence-corrected chi connectivity index (χ1v) is 7.32. The summed E-state index contributed by atoms with van der Waals surface area (Å²) in [6.45, 7) is 2.87. The monoisotopic (exact) mass is 297 g/mol. The van der Waals surface area contributed by atoms with E-state index in [1.807, 2.05) is 30.3 Å². The molecule has 0 heterocycles. The van der Waals surface area contributed by atoms with Crippen LogP contribution in [0.4, 0.5) is 0 Å². The summed E-state index contributed by atoms with van der Waals surface area (Å²) in [5.41, 5.74) is 6.41. The molecule has 0 aromatic heterocycles. The maximum absolute atomic E-state index is 9.54. The predicted molar refractivity (Wildman–Crippen MR) is 82.1 cm³/mol. The Bertz CT molecular complexity index is 361. The zero-order chi connectivity index (χ0) is 15.4. The molecule has 1 aromatic rings. The highest BCUT2D eigenvalue weighted by Crippen LogP contribution is 2.21. The maximum Gasteiger partial charge on any atom is 0.0700 e. The van der Waals surface area contributed by atoms with E-state index in [2.05, 4.69) is 0 Å². The summed E-state index contributed by atoms with van der Waals surface area (Å²) in [6, 6.07) is 9.62. The van der Waals surface area contributed by atoms with Crippen molar-refractivity contribution in [1.29, 1.82) is 0 Å². The predicted octanol–water partition coefficient (Wildman–Crippen LogP) is 1.29. The molecule has 1 aromatic carbocycles. The van der Waals surface area contributed by atoms with Gasteiger partial charge in [-0.1, -0.05) is 30.3 Å². The number of rotatable bonds is 12. The molecule has 0 aliphatic rings. The third-order valence-electron chi connectivity index (χ3n) is 3.33. The largest absolute Gasteiger partial charge is 0.394 e. The number of hydrogen-bond donors (Lipinski definition) is 2. The van der Waals surface area contributed by atoms with E-state index in [0.717, 1.165) is 12.0 Å². The highest BCUT2D eigenvalue weighted by atomic mass is 16.5. The average molecular weight is 297 g/mol. The fourth-order valence-corrected chi connectivity index (χ4v) is 1.97. The first-order valence-electron chi connectivity index (χ1n) is 7.32. The third-order valence-corrected chi connectivity index (χ3v) is 3.33. The van der Waals surface area contributed by atoms with Crippen LogP contribution in [0.5, 0.6) is 0 Å². The lowest BCUT2D eigenvalue weighted by molar-refractivity contribution is 0.0303. The van der Waals surface area contributed by atoms with E-state index in [4.69, 9.17) is 19.9 Å². The van der Waals surface area contributed by atoms with Crippen LogP contribution in [0.25, 0.3) is 0 Å². The number of aliphatic hydroxyl groups is 1. The summed E-state index contributed by atoms with van der Waals surface area (Å²) in [6.07, 6.45) is 1.46. The molecule has 0 spiro atoms. The normalized spacial score (nSPS) is 14.0. The lowest BCUT2D eigenvalue weighted by atomic mass is 9.89. The second-order valence-electron chi connectivity index (χ2n) is 5.00. The molecule has 1 atom stereocenters. The summed E-state index contributed by atoms with van der Waals surface area (Å²) in [5.74, 6) is 0. The van der Waals surface area contributed by atoms with Gasteiger partial charge in [-0.3, -0.25) is 0 Å². The minimum absolute atomic E-state index is 0.103. The summed E-state index contributed by atoms with van der Waals surface area (Å²) >= 11 is 0. The van der Waals surface area contributed by atoms with Crippen LogP contribution in [0.2, 0.25) is 0 Å². The van der Waals surface area contributed by atoms with E-state index in [-0.39, 0.29) is 6.61 Å². The number of benzene rings is 1. The number of nitrogens with two attached hydrogens (primary N) is 1. The molecule has 0 bridgehead atoms. The van der Waals surface area contributed by atoms with Gasteiger partial charge in [0.15, 0.2) is 0 Å². The molecule has 120 valence electrons. The van der Waals surface area contributed by atoms with E-state index >= 15 is 0 Å². The van der Waals surface area contributed by atoms with Gasteiger partial charge in [-0.05, 0) is 18.4 Å². The van der Waals surface area contributed by atoms with Gasteiger partial charge in [0.05, 0.1) is 25.4 Å². The molecule has 0 aliphatic carbocycles. The number of aliphatic hydroxyl groups excluding tert-OH is 1. The van der Waals surface area contributed by atoms with E-state index < -0.39 is 5.54 Å². The Morgan fingerprint density at radius 2 is 1.67 bits per heavy atom. The molecule has 3 N–H and O–H groups in total. The third kappa shape index (κ3) is 7.02. The fraction of sp³-hybridized carbons (Fsp3) is 0.625. The minimum atomic E-state index is -0.749. The Hall–Kier alpha value is -0.980. The van der Waals surface area contributed by atoms with Crippen LogP contribution < -0.4 is 5.73 Å². The van der Waals surface area contributed by atoms with Crippen LogP contribution in [-0.4, -0.2) is 51.9 Å². The van der Waals surface area contributed by atoms with Crippen LogP contribution in [0.1, 0.15) is 18.4 Å². The maximum atomic E-state index is 9.54. The Labute approximate surface area is 127 Å².